The monoisotopic (exact) mass is 353 g/mol. The molecule has 5 heteroatoms. The van der Waals surface area contributed by atoms with Gasteiger partial charge in [-0.25, -0.2) is 4.98 Å². The summed E-state index contributed by atoms with van der Waals surface area (Å²) in [7, 11) is 0. The Balaban J connectivity index is 1.44. The largest absolute Gasteiger partial charge is 0.487 e. The standard InChI is InChI=1S/C20H23N3OS/c1-16(5-2-6-17-7-4-10-21-12-17)23-18-8-3-9-20(11-18)24-13-19-14-25-15-22-19/h3-4,7-12,14-16,23H,2,5-6,13H2,1H3. The van der Waals surface area contributed by atoms with Gasteiger partial charge in [-0.3, -0.25) is 4.98 Å². The molecule has 1 atom stereocenters. The van der Waals surface area contributed by atoms with Gasteiger partial charge in [-0.1, -0.05) is 12.1 Å². The molecule has 0 aliphatic heterocycles. The first-order valence-corrected chi connectivity index (χ1v) is 9.49. The molecule has 0 bridgehead atoms. The number of rotatable bonds is 9. The summed E-state index contributed by atoms with van der Waals surface area (Å²) in [6, 6.07) is 12.6. The number of pyridine rings is 1. The van der Waals surface area contributed by atoms with Gasteiger partial charge in [0.2, 0.25) is 0 Å². The summed E-state index contributed by atoms with van der Waals surface area (Å²) in [5, 5.41) is 5.56. The number of hydrogen-bond donors (Lipinski definition) is 1. The highest BCUT2D eigenvalue weighted by Crippen LogP contribution is 2.20. The average Bonchev–Trinajstić information content (AvgIpc) is 3.15. The summed E-state index contributed by atoms with van der Waals surface area (Å²) in [5.74, 6) is 0.862. The highest BCUT2D eigenvalue weighted by molar-refractivity contribution is 7.07. The van der Waals surface area contributed by atoms with E-state index in [1.54, 1.807) is 11.3 Å². The first-order chi connectivity index (χ1) is 12.3. The molecule has 2 heterocycles. The van der Waals surface area contributed by atoms with E-state index in [0.29, 0.717) is 12.6 Å². The molecule has 3 aromatic rings. The lowest BCUT2D eigenvalue weighted by Gasteiger charge is -2.16. The molecule has 0 fully saturated rings. The summed E-state index contributed by atoms with van der Waals surface area (Å²) in [6.45, 7) is 2.72. The van der Waals surface area contributed by atoms with Crippen molar-refractivity contribution in [3.8, 4) is 5.75 Å². The van der Waals surface area contributed by atoms with E-state index in [1.807, 2.05) is 47.5 Å². The van der Waals surface area contributed by atoms with Crippen LogP contribution in [0.25, 0.3) is 0 Å². The molecule has 0 aliphatic rings. The van der Waals surface area contributed by atoms with E-state index in [2.05, 4.69) is 34.3 Å². The number of hydrogen-bond acceptors (Lipinski definition) is 5. The molecule has 0 saturated heterocycles. The number of nitrogens with zero attached hydrogens (tertiary/aromatic N) is 2. The van der Waals surface area contributed by atoms with E-state index in [9.17, 15) is 0 Å². The van der Waals surface area contributed by atoms with Gasteiger partial charge in [0.05, 0.1) is 11.2 Å². The van der Waals surface area contributed by atoms with Gasteiger partial charge >= 0.3 is 0 Å². The Morgan fingerprint density at radius 1 is 1.24 bits per heavy atom. The minimum Gasteiger partial charge on any atom is -0.487 e. The number of nitrogens with one attached hydrogen (secondary N) is 1. The number of anilines is 1. The number of aromatic nitrogens is 2. The second-order valence-electron chi connectivity index (χ2n) is 6.10. The zero-order valence-electron chi connectivity index (χ0n) is 14.4. The molecular weight excluding hydrogens is 330 g/mol. The van der Waals surface area contributed by atoms with Crippen molar-refractivity contribution in [1.82, 2.24) is 9.97 Å². The van der Waals surface area contributed by atoms with Gasteiger partial charge in [-0.2, -0.15) is 0 Å². The Labute approximate surface area is 152 Å². The topological polar surface area (TPSA) is 47.0 Å². The minimum absolute atomic E-state index is 0.408. The molecule has 1 N–H and O–H groups in total. The maximum atomic E-state index is 5.81. The van der Waals surface area contributed by atoms with Crippen LogP contribution < -0.4 is 10.1 Å². The highest BCUT2D eigenvalue weighted by atomic mass is 32.1. The molecule has 0 radical (unpaired) electrons. The van der Waals surface area contributed by atoms with Crippen molar-refractivity contribution < 1.29 is 4.74 Å². The smallest absolute Gasteiger partial charge is 0.131 e. The van der Waals surface area contributed by atoms with Crippen LogP contribution in [0.15, 0.2) is 59.7 Å². The Morgan fingerprint density at radius 2 is 2.20 bits per heavy atom. The van der Waals surface area contributed by atoms with Crippen molar-refractivity contribution >= 4 is 17.0 Å². The molecule has 0 amide bonds. The van der Waals surface area contributed by atoms with Gasteiger partial charge in [0.25, 0.3) is 0 Å². The molecule has 4 nitrogen and oxygen atoms in total. The Bertz CT molecular complexity index is 747. The molecule has 130 valence electrons. The zero-order valence-corrected chi connectivity index (χ0v) is 15.2. The lowest BCUT2D eigenvalue weighted by Crippen LogP contribution is -2.15. The predicted octanol–water partition coefficient (Wildman–Crippen LogP) is 4.94. The quantitative estimate of drug-likeness (QED) is 0.592. The molecule has 2 aromatic heterocycles. The lowest BCUT2D eigenvalue weighted by atomic mass is 10.1. The van der Waals surface area contributed by atoms with Crippen molar-refractivity contribution in [2.75, 3.05) is 5.32 Å². The van der Waals surface area contributed by atoms with Gasteiger partial charge < -0.3 is 10.1 Å². The fraction of sp³-hybridized carbons (Fsp3) is 0.300. The zero-order chi connectivity index (χ0) is 17.3. The van der Waals surface area contributed by atoms with Gasteiger partial charge in [0.15, 0.2) is 0 Å². The van der Waals surface area contributed by atoms with Crippen LogP contribution in [0.1, 0.15) is 31.0 Å². The van der Waals surface area contributed by atoms with Gasteiger partial charge in [-0.15, -0.1) is 11.3 Å². The van der Waals surface area contributed by atoms with Crippen molar-refractivity contribution in [1.29, 1.82) is 0 Å². The van der Waals surface area contributed by atoms with Crippen LogP contribution in [0, 0.1) is 0 Å². The molecule has 1 aromatic carbocycles. The van der Waals surface area contributed by atoms with E-state index < -0.39 is 0 Å². The molecule has 1 unspecified atom stereocenters. The molecule has 0 spiro atoms. The third-order valence-electron chi connectivity index (χ3n) is 3.94. The van der Waals surface area contributed by atoms with Crippen LogP contribution in [0.2, 0.25) is 0 Å². The van der Waals surface area contributed by atoms with Crippen LogP contribution >= 0.6 is 11.3 Å². The van der Waals surface area contributed by atoms with E-state index in [4.69, 9.17) is 4.74 Å². The van der Waals surface area contributed by atoms with Gasteiger partial charge in [0, 0.05) is 35.6 Å². The highest BCUT2D eigenvalue weighted by Gasteiger charge is 2.04. The van der Waals surface area contributed by atoms with Crippen LogP contribution in [-0.4, -0.2) is 16.0 Å². The number of aryl methyl sites for hydroxylation is 1. The van der Waals surface area contributed by atoms with Crippen molar-refractivity contribution in [3.63, 3.8) is 0 Å². The summed E-state index contributed by atoms with van der Waals surface area (Å²) in [6.07, 6.45) is 7.08. The Kier molecular flexibility index (Phi) is 6.40. The number of thiazole rings is 1. The number of ether oxygens (including phenoxy) is 1. The third-order valence-corrected chi connectivity index (χ3v) is 4.58. The number of benzene rings is 1. The van der Waals surface area contributed by atoms with Crippen LogP contribution in [-0.2, 0) is 13.0 Å². The average molecular weight is 353 g/mol. The maximum absolute atomic E-state index is 5.81. The normalized spacial score (nSPS) is 11.9. The summed E-state index contributed by atoms with van der Waals surface area (Å²) in [4.78, 5) is 8.40. The lowest BCUT2D eigenvalue weighted by molar-refractivity contribution is 0.302. The molecule has 3 rings (SSSR count). The van der Waals surface area contributed by atoms with E-state index in [1.165, 1.54) is 5.56 Å². The summed E-state index contributed by atoms with van der Waals surface area (Å²) >= 11 is 1.58. The van der Waals surface area contributed by atoms with E-state index in [-0.39, 0.29) is 0 Å². The van der Waals surface area contributed by atoms with E-state index >= 15 is 0 Å². The van der Waals surface area contributed by atoms with Crippen LogP contribution in [0.3, 0.4) is 0 Å². The van der Waals surface area contributed by atoms with Crippen LogP contribution in [0.4, 0.5) is 5.69 Å². The van der Waals surface area contributed by atoms with Crippen molar-refractivity contribution in [2.24, 2.45) is 0 Å². The SMILES string of the molecule is CC(CCCc1cccnc1)Nc1cccc(OCc2cscn2)c1. The van der Waals surface area contributed by atoms with Crippen LogP contribution in [0.5, 0.6) is 5.75 Å². The first kappa shape index (κ1) is 17.4. The summed E-state index contributed by atoms with van der Waals surface area (Å²) < 4.78 is 5.81. The molecule has 0 aliphatic carbocycles. The minimum atomic E-state index is 0.408. The Hall–Kier alpha value is -2.40. The second kappa shape index (κ2) is 9.18. The molecule has 25 heavy (non-hydrogen) atoms. The Morgan fingerprint density at radius 3 is 3.00 bits per heavy atom. The van der Waals surface area contributed by atoms with Crippen molar-refractivity contribution in [3.05, 3.63) is 70.9 Å². The van der Waals surface area contributed by atoms with Crippen molar-refractivity contribution in [2.45, 2.75) is 38.8 Å². The van der Waals surface area contributed by atoms with Gasteiger partial charge in [0.1, 0.15) is 12.4 Å². The third kappa shape index (κ3) is 5.87. The summed E-state index contributed by atoms with van der Waals surface area (Å²) in [5.41, 5.74) is 5.17. The fourth-order valence-corrected chi connectivity index (χ4v) is 3.20. The molecular formula is C20H23N3OS. The molecule has 0 saturated carbocycles. The first-order valence-electron chi connectivity index (χ1n) is 8.55. The maximum Gasteiger partial charge on any atom is 0.131 e. The fourth-order valence-electron chi connectivity index (χ4n) is 2.66. The van der Waals surface area contributed by atoms with Gasteiger partial charge in [-0.05, 0) is 49.9 Å². The second-order valence-corrected chi connectivity index (χ2v) is 6.81. The predicted molar refractivity (Wildman–Crippen MR) is 103 cm³/mol. The van der Waals surface area contributed by atoms with E-state index in [0.717, 1.165) is 36.4 Å².